The molecular weight excluding hydrogens is 412 g/mol. The van der Waals surface area contributed by atoms with Crippen molar-refractivity contribution in [3.63, 3.8) is 0 Å². The van der Waals surface area contributed by atoms with Crippen LogP contribution in [0, 0.1) is 0 Å². The number of esters is 1. The molecule has 0 aromatic carbocycles. The number of rotatable bonds is 6. The zero-order chi connectivity index (χ0) is 20.4. The zero-order valence-electron chi connectivity index (χ0n) is 16.1. The molecule has 154 valence electrons. The highest BCUT2D eigenvalue weighted by Gasteiger charge is 2.30. The molecule has 1 unspecified atom stereocenters. The summed E-state index contributed by atoms with van der Waals surface area (Å²) in [6.45, 7) is 2.07. The summed E-state index contributed by atoms with van der Waals surface area (Å²) in [7, 11) is 0. The fourth-order valence-corrected chi connectivity index (χ4v) is 5.53. The van der Waals surface area contributed by atoms with Crippen LogP contribution in [0.2, 0.25) is 0 Å². The normalized spacial score (nSPS) is 17.5. The number of hydrogen-bond acceptors (Lipinski definition) is 8. The standard InChI is InChI=1S/C19H22N4O4S2/c1-2-27-16(25)7-11-9-28-18(20-11)22-15(24)8-12-10-29-19-21-14-6-4-3-5-13(14)17(26)23(12)19/h9,12H,2-8,10H2,1H3,(H,20,22,24). The molecule has 2 aromatic heterocycles. The molecule has 1 amide bonds. The lowest BCUT2D eigenvalue weighted by Gasteiger charge is -2.18. The van der Waals surface area contributed by atoms with Gasteiger partial charge < -0.3 is 10.1 Å². The third-order valence-corrected chi connectivity index (χ3v) is 6.88. The van der Waals surface area contributed by atoms with Crippen molar-refractivity contribution in [3.05, 3.63) is 32.7 Å². The number of carbonyl (C=O) groups excluding carboxylic acids is 2. The molecule has 0 fully saturated rings. The number of aromatic nitrogens is 3. The topological polar surface area (TPSA) is 103 Å². The molecule has 1 atom stereocenters. The number of ether oxygens (including phenoxy) is 1. The molecular formula is C19H22N4O4S2. The Bertz CT molecular complexity index is 1000. The van der Waals surface area contributed by atoms with E-state index in [0.717, 1.165) is 42.1 Å². The number of nitrogens with zero attached hydrogens (tertiary/aromatic N) is 3. The van der Waals surface area contributed by atoms with Gasteiger partial charge in [0.1, 0.15) is 0 Å². The third-order valence-electron chi connectivity index (χ3n) is 4.97. The van der Waals surface area contributed by atoms with Gasteiger partial charge in [-0.15, -0.1) is 11.3 Å². The van der Waals surface area contributed by atoms with Gasteiger partial charge in [-0.05, 0) is 32.6 Å². The molecule has 29 heavy (non-hydrogen) atoms. The second-order valence-electron chi connectivity index (χ2n) is 7.04. The molecule has 2 aromatic rings. The van der Waals surface area contributed by atoms with E-state index in [1.54, 1.807) is 16.9 Å². The zero-order valence-corrected chi connectivity index (χ0v) is 17.7. The summed E-state index contributed by atoms with van der Waals surface area (Å²) in [6, 6.07) is -0.207. The minimum absolute atomic E-state index is 0.0125. The maximum absolute atomic E-state index is 12.9. The average molecular weight is 435 g/mol. The molecule has 3 heterocycles. The van der Waals surface area contributed by atoms with E-state index in [1.807, 2.05) is 0 Å². The monoisotopic (exact) mass is 434 g/mol. The lowest BCUT2D eigenvalue weighted by Crippen LogP contribution is -2.32. The first-order chi connectivity index (χ1) is 14.0. The largest absolute Gasteiger partial charge is 0.466 e. The number of thiazole rings is 1. The molecule has 10 heteroatoms. The SMILES string of the molecule is CCOC(=O)Cc1csc(NC(=O)CC2CSc3nc4c(c(=O)n32)CCCC4)n1. The van der Waals surface area contributed by atoms with Crippen LogP contribution in [-0.4, -0.2) is 38.8 Å². The third kappa shape index (κ3) is 4.37. The Balaban J connectivity index is 1.42. The highest BCUT2D eigenvalue weighted by atomic mass is 32.2. The van der Waals surface area contributed by atoms with Gasteiger partial charge in [0.2, 0.25) is 5.91 Å². The highest BCUT2D eigenvalue weighted by molar-refractivity contribution is 7.99. The number of hydrogen-bond donors (Lipinski definition) is 1. The van der Waals surface area contributed by atoms with E-state index in [-0.39, 0.29) is 36.3 Å². The molecule has 0 bridgehead atoms. The van der Waals surface area contributed by atoms with Gasteiger partial charge in [0.05, 0.1) is 30.5 Å². The second kappa shape index (κ2) is 8.66. The second-order valence-corrected chi connectivity index (χ2v) is 8.89. The fraction of sp³-hybridized carbons (Fsp3) is 0.526. The van der Waals surface area contributed by atoms with Crippen LogP contribution in [0.4, 0.5) is 5.13 Å². The molecule has 0 radical (unpaired) electrons. The predicted octanol–water partition coefficient (Wildman–Crippen LogP) is 2.36. The highest BCUT2D eigenvalue weighted by Crippen LogP contribution is 2.34. The summed E-state index contributed by atoms with van der Waals surface area (Å²) >= 11 is 2.80. The van der Waals surface area contributed by atoms with Crippen molar-refractivity contribution in [2.75, 3.05) is 17.7 Å². The van der Waals surface area contributed by atoms with Gasteiger partial charge in [0, 0.05) is 23.1 Å². The summed E-state index contributed by atoms with van der Waals surface area (Å²) in [5.74, 6) is 0.112. The van der Waals surface area contributed by atoms with Crippen LogP contribution in [0.1, 0.15) is 49.2 Å². The van der Waals surface area contributed by atoms with Crippen molar-refractivity contribution in [1.82, 2.24) is 14.5 Å². The number of carbonyl (C=O) groups is 2. The quantitative estimate of drug-likeness (QED) is 0.550. The molecule has 2 aliphatic rings. The Morgan fingerprint density at radius 3 is 2.97 bits per heavy atom. The lowest BCUT2D eigenvalue weighted by molar-refractivity contribution is -0.142. The van der Waals surface area contributed by atoms with E-state index < -0.39 is 0 Å². The Morgan fingerprint density at radius 1 is 1.31 bits per heavy atom. The van der Waals surface area contributed by atoms with Crippen molar-refractivity contribution in [3.8, 4) is 0 Å². The Kier molecular flexibility index (Phi) is 6.00. The fourth-order valence-electron chi connectivity index (χ4n) is 3.65. The first-order valence-corrected chi connectivity index (χ1v) is 11.6. The Labute approximate surface area is 176 Å². The minimum Gasteiger partial charge on any atom is -0.466 e. The number of aryl methyl sites for hydroxylation is 1. The van der Waals surface area contributed by atoms with Crippen molar-refractivity contribution in [2.24, 2.45) is 0 Å². The van der Waals surface area contributed by atoms with Crippen LogP contribution in [-0.2, 0) is 33.6 Å². The lowest BCUT2D eigenvalue weighted by atomic mass is 9.97. The van der Waals surface area contributed by atoms with Gasteiger partial charge in [0.25, 0.3) is 5.56 Å². The van der Waals surface area contributed by atoms with Crippen LogP contribution in [0.5, 0.6) is 0 Å². The van der Waals surface area contributed by atoms with Gasteiger partial charge in [-0.2, -0.15) is 0 Å². The van der Waals surface area contributed by atoms with E-state index in [2.05, 4.69) is 15.3 Å². The van der Waals surface area contributed by atoms with Crippen LogP contribution < -0.4 is 10.9 Å². The molecule has 4 rings (SSSR count). The van der Waals surface area contributed by atoms with Crippen molar-refractivity contribution < 1.29 is 14.3 Å². The molecule has 1 N–H and O–H groups in total. The number of anilines is 1. The van der Waals surface area contributed by atoms with Crippen LogP contribution in [0.15, 0.2) is 15.3 Å². The molecule has 0 spiro atoms. The molecule has 0 saturated carbocycles. The van der Waals surface area contributed by atoms with Crippen LogP contribution in [0.25, 0.3) is 0 Å². The van der Waals surface area contributed by atoms with Crippen molar-refractivity contribution in [2.45, 2.75) is 56.6 Å². The maximum atomic E-state index is 12.9. The minimum atomic E-state index is -0.342. The van der Waals surface area contributed by atoms with Crippen molar-refractivity contribution in [1.29, 1.82) is 0 Å². The molecule has 8 nitrogen and oxygen atoms in total. The van der Waals surface area contributed by atoms with Gasteiger partial charge in [-0.25, -0.2) is 9.97 Å². The summed E-state index contributed by atoms with van der Waals surface area (Å²) in [5, 5.41) is 5.67. The van der Waals surface area contributed by atoms with E-state index in [1.165, 1.54) is 23.1 Å². The first kappa shape index (κ1) is 20.1. The molecule has 1 aliphatic heterocycles. The van der Waals surface area contributed by atoms with Gasteiger partial charge in [0.15, 0.2) is 10.3 Å². The van der Waals surface area contributed by atoms with Gasteiger partial charge in [-0.1, -0.05) is 11.8 Å². The van der Waals surface area contributed by atoms with E-state index in [0.29, 0.717) is 23.2 Å². The van der Waals surface area contributed by atoms with Crippen molar-refractivity contribution >= 4 is 40.1 Å². The van der Waals surface area contributed by atoms with Gasteiger partial charge in [-0.3, -0.25) is 19.0 Å². The van der Waals surface area contributed by atoms with Gasteiger partial charge >= 0.3 is 5.97 Å². The first-order valence-electron chi connectivity index (χ1n) is 9.72. The Hall–Kier alpha value is -2.20. The van der Waals surface area contributed by atoms with Crippen LogP contribution >= 0.6 is 23.1 Å². The predicted molar refractivity (Wildman–Crippen MR) is 111 cm³/mol. The Morgan fingerprint density at radius 2 is 2.14 bits per heavy atom. The number of fused-ring (bicyclic) bond motifs is 2. The average Bonchev–Trinajstić information content (AvgIpc) is 3.29. The maximum Gasteiger partial charge on any atom is 0.311 e. The number of thioether (sulfide) groups is 1. The summed E-state index contributed by atoms with van der Waals surface area (Å²) < 4.78 is 6.60. The summed E-state index contributed by atoms with van der Waals surface area (Å²) in [4.78, 5) is 46.0. The molecule has 1 aliphatic carbocycles. The molecule has 0 saturated heterocycles. The van der Waals surface area contributed by atoms with E-state index >= 15 is 0 Å². The summed E-state index contributed by atoms with van der Waals surface area (Å²) in [6.07, 6.45) is 3.99. The summed E-state index contributed by atoms with van der Waals surface area (Å²) in [5.41, 5.74) is 2.33. The smallest absolute Gasteiger partial charge is 0.311 e. The van der Waals surface area contributed by atoms with E-state index in [9.17, 15) is 14.4 Å². The number of nitrogens with one attached hydrogen (secondary N) is 1. The number of amides is 1. The van der Waals surface area contributed by atoms with E-state index in [4.69, 9.17) is 4.74 Å². The van der Waals surface area contributed by atoms with Crippen LogP contribution in [0.3, 0.4) is 0 Å².